The smallest absolute Gasteiger partial charge is 0.246 e. The first-order valence-corrected chi connectivity index (χ1v) is 12.9. The molecular formula is C27H33FN4O6. The second-order valence-electron chi connectivity index (χ2n) is 9.77. The second-order valence-corrected chi connectivity index (χ2v) is 9.77. The number of anilines is 1. The van der Waals surface area contributed by atoms with Crippen LogP contribution in [0.2, 0.25) is 0 Å². The molecule has 0 fully saturated rings. The lowest BCUT2D eigenvalue weighted by Gasteiger charge is -2.30. The predicted octanol–water partition coefficient (Wildman–Crippen LogP) is 1.90. The Balaban J connectivity index is 1.57. The van der Waals surface area contributed by atoms with Crippen molar-refractivity contribution >= 4 is 29.2 Å². The Kier molecular flexibility index (Phi) is 8.88. The summed E-state index contributed by atoms with van der Waals surface area (Å²) in [5, 5.41) is 9.17. The summed E-state index contributed by atoms with van der Waals surface area (Å²) >= 11 is 0. The van der Waals surface area contributed by atoms with Crippen LogP contribution in [0.5, 0.6) is 0 Å². The molecule has 2 aromatic rings. The lowest BCUT2D eigenvalue weighted by Crippen LogP contribution is -2.54. The highest BCUT2D eigenvalue weighted by Gasteiger charge is 2.47. The molecule has 3 heterocycles. The first-order chi connectivity index (χ1) is 18.3. The van der Waals surface area contributed by atoms with Crippen molar-refractivity contribution in [3.8, 4) is 0 Å². The van der Waals surface area contributed by atoms with Gasteiger partial charge in [0.1, 0.15) is 25.6 Å². The van der Waals surface area contributed by atoms with Gasteiger partial charge in [-0.2, -0.15) is 0 Å². The van der Waals surface area contributed by atoms with Crippen LogP contribution in [-0.2, 0) is 43.3 Å². The molecule has 4 atom stereocenters. The SMILES string of the molecule is CC[C@H](C)[C@H](NC(=O)COCCF)C(=O)[C@@H]1CCc2cccc3c2N(C1=O)[C@H](C(=O)NCc1cnoc1)C3. The van der Waals surface area contributed by atoms with Crippen molar-refractivity contribution in [1.29, 1.82) is 0 Å². The van der Waals surface area contributed by atoms with Crippen LogP contribution in [0.15, 0.2) is 35.2 Å². The number of aromatic nitrogens is 1. The number of alkyl halides is 1. The maximum atomic E-state index is 14.0. The van der Waals surface area contributed by atoms with Gasteiger partial charge in [-0.3, -0.25) is 24.1 Å². The molecule has 0 spiro atoms. The van der Waals surface area contributed by atoms with Crippen LogP contribution >= 0.6 is 0 Å². The Bertz CT molecular complexity index is 1170. The minimum absolute atomic E-state index is 0.193. The lowest BCUT2D eigenvalue weighted by atomic mass is 9.85. The van der Waals surface area contributed by atoms with Gasteiger partial charge in [0.2, 0.25) is 17.7 Å². The number of nitrogens with one attached hydrogen (secondary N) is 2. The van der Waals surface area contributed by atoms with Gasteiger partial charge in [0, 0.05) is 18.5 Å². The van der Waals surface area contributed by atoms with E-state index in [2.05, 4.69) is 15.8 Å². The topological polar surface area (TPSA) is 131 Å². The molecule has 3 amide bonds. The molecular weight excluding hydrogens is 495 g/mol. The van der Waals surface area contributed by atoms with Crippen molar-refractivity contribution in [3.05, 3.63) is 47.3 Å². The van der Waals surface area contributed by atoms with Gasteiger partial charge in [0.05, 0.1) is 30.5 Å². The van der Waals surface area contributed by atoms with Crippen molar-refractivity contribution in [3.63, 3.8) is 0 Å². The molecule has 0 aliphatic carbocycles. The third-order valence-corrected chi connectivity index (χ3v) is 7.29. The van der Waals surface area contributed by atoms with Crippen LogP contribution in [-0.4, -0.2) is 60.6 Å². The third kappa shape index (κ3) is 5.77. The Hall–Kier alpha value is -3.60. The molecule has 1 aromatic heterocycles. The highest BCUT2D eigenvalue weighted by atomic mass is 19.1. The fourth-order valence-electron chi connectivity index (χ4n) is 5.11. The minimum atomic E-state index is -1.03. The summed E-state index contributed by atoms with van der Waals surface area (Å²) in [7, 11) is 0. The fraction of sp³-hybridized carbons (Fsp3) is 0.519. The Labute approximate surface area is 220 Å². The van der Waals surface area contributed by atoms with Gasteiger partial charge in [0.15, 0.2) is 5.78 Å². The van der Waals surface area contributed by atoms with Gasteiger partial charge in [-0.25, -0.2) is 4.39 Å². The number of carbonyl (C=O) groups is 4. The van der Waals surface area contributed by atoms with E-state index in [9.17, 15) is 23.6 Å². The van der Waals surface area contributed by atoms with E-state index in [-0.39, 0.29) is 38.0 Å². The van der Waals surface area contributed by atoms with Crippen LogP contribution in [0.4, 0.5) is 10.1 Å². The molecule has 0 saturated carbocycles. The number of para-hydroxylation sites is 1. The van der Waals surface area contributed by atoms with E-state index in [1.54, 1.807) is 0 Å². The third-order valence-electron chi connectivity index (χ3n) is 7.29. The van der Waals surface area contributed by atoms with E-state index in [1.807, 2.05) is 32.0 Å². The Morgan fingerprint density at radius 3 is 2.79 bits per heavy atom. The second kappa shape index (κ2) is 12.3. The Morgan fingerprint density at radius 1 is 1.29 bits per heavy atom. The average molecular weight is 529 g/mol. The molecule has 0 unspecified atom stereocenters. The number of amides is 3. The zero-order valence-corrected chi connectivity index (χ0v) is 21.6. The molecule has 2 aliphatic rings. The number of rotatable bonds is 12. The van der Waals surface area contributed by atoms with Crippen molar-refractivity contribution < 1.29 is 32.8 Å². The number of halogens is 1. The summed E-state index contributed by atoms with van der Waals surface area (Å²) in [6, 6.07) is 3.99. The van der Waals surface area contributed by atoms with Crippen molar-refractivity contribution in [2.45, 2.75) is 58.2 Å². The van der Waals surface area contributed by atoms with Crippen LogP contribution in [0.1, 0.15) is 43.4 Å². The van der Waals surface area contributed by atoms with Crippen LogP contribution in [0.25, 0.3) is 0 Å². The van der Waals surface area contributed by atoms with E-state index in [0.29, 0.717) is 30.5 Å². The monoisotopic (exact) mass is 528 g/mol. The van der Waals surface area contributed by atoms with E-state index >= 15 is 0 Å². The number of benzene rings is 1. The molecule has 4 rings (SSSR count). The number of Topliss-reactive ketones (excluding diaryl/α,β-unsaturated/α-hetero) is 1. The molecule has 2 N–H and O–H groups in total. The molecule has 0 radical (unpaired) electrons. The van der Waals surface area contributed by atoms with Gasteiger partial charge in [0.25, 0.3) is 0 Å². The summed E-state index contributed by atoms with van der Waals surface area (Å²) < 4.78 is 22.1. The highest BCUT2D eigenvalue weighted by Crippen LogP contribution is 2.40. The van der Waals surface area contributed by atoms with Gasteiger partial charge in [-0.1, -0.05) is 43.6 Å². The number of ketones is 1. The van der Waals surface area contributed by atoms with Crippen molar-refractivity contribution in [2.24, 2.45) is 11.8 Å². The summed E-state index contributed by atoms with van der Waals surface area (Å²) in [6.07, 6.45) is 4.60. The van der Waals surface area contributed by atoms with E-state index in [4.69, 9.17) is 9.26 Å². The van der Waals surface area contributed by atoms with Gasteiger partial charge < -0.3 is 19.9 Å². The molecule has 0 saturated heterocycles. The van der Waals surface area contributed by atoms with E-state index in [0.717, 1.165) is 11.1 Å². The van der Waals surface area contributed by atoms with Gasteiger partial charge in [-0.15, -0.1) is 0 Å². The van der Waals surface area contributed by atoms with Crippen molar-refractivity contribution in [1.82, 2.24) is 15.8 Å². The standard InChI is InChI=1S/C27H33FN4O6/c1-3-16(2)23(31-22(33)15-37-10-9-28)25(34)20-8-7-18-5-4-6-19-11-21(32(24(18)19)27(20)36)26(35)29-12-17-13-30-38-14-17/h4-6,13-14,16,20-21,23H,3,7-12,15H2,1-2H3,(H,29,35)(H,31,33)/t16-,20-,21-,23-/m0/s1. The quantitative estimate of drug-likeness (QED) is 0.318. The molecule has 38 heavy (non-hydrogen) atoms. The normalized spacial score (nSPS) is 19.9. The molecule has 0 bridgehead atoms. The average Bonchev–Trinajstić information content (AvgIpc) is 3.55. The number of carbonyl (C=O) groups excluding carboxylic acids is 4. The summed E-state index contributed by atoms with van der Waals surface area (Å²) in [5.41, 5.74) is 3.17. The summed E-state index contributed by atoms with van der Waals surface area (Å²) in [4.78, 5) is 55.0. The predicted molar refractivity (Wildman–Crippen MR) is 135 cm³/mol. The summed E-state index contributed by atoms with van der Waals surface area (Å²) in [5.74, 6) is -3.01. The van der Waals surface area contributed by atoms with Gasteiger partial charge in [-0.05, 0) is 29.9 Å². The zero-order chi connectivity index (χ0) is 27.2. The van der Waals surface area contributed by atoms with Crippen LogP contribution in [0.3, 0.4) is 0 Å². The molecule has 11 heteroatoms. The number of aryl methyl sites for hydroxylation is 1. The number of hydrogen-bond donors (Lipinski definition) is 2. The molecule has 2 aliphatic heterocycles. The Morgan fingerprint density at radius 2 is 2.08 bits per heavy atom. The lowest BCUT2D eigenvalue weighted by molar-refractivity contribution is -0.138. The largest absolute Gasteiger partial charge is 0.369 e. The first kappa shape index (κ1) is 27.4. The van der Waals surface area contributed by atoms with E-state index < -0.39 is 42.3 Å². The maximum absolute atomic E-state index is 14.0. The van der Waals surface area contributed by atoms with Gasteiger partial charge >= 0.3 is 0 Å². The summed E-state index contributed by atoms with van der Waals surface area (Å²) in [6.45, 7) is 2.60. The van der Waals surface area contributed by atoms with Crippen LogP contribution < -0.4 is 15.5 Å². The number of hydrogen-bond acceptors (Lipinski definition) is 7. The molecule has 10 nitrogen and oxygen atoms in total. The molecule has 204 valence electrons. The maximum Gasteiger partial charge on any atom is 0.246 e. The fourth-order valence-corrected chi connectivity index (χ4v) is 5.11. The minimum Gasteiger partial charge on any atom is -0.369 e. The first-order valence-electron chi connectivity index (χ1n) is 12.9. The highest BCUT2D eigenvalue weighted by molar-refractivity contribution is 6.14. The van der Waals surface area contributed by atoms with E-state index in [1.165, 1.54) is 17.4 Å². The number of ether oxygens (including phenoxy) is 1. The van der Waals surface area contributed by atoms with Crippen LogP contribution in [0, 0.1) is 11.8 Å². The molecule has 1 aromatic carbocycles. The number of nitrogens with zero attached hydrogens (tertiary/aromatic N) is 2. The zero-order valence-electron chi connectivity index (χ0n) is 21.6. The van der Waals surface area contributed by atoms with Crippen molar-refractivity contribution in [2.75, 3.05) is 24.8 Å².